The van der Waals surface area contributed by atoms with Crippen LogP contribution in [-0.4, -0.2) is 36.0 Å². The van der Waals surface area contributed by atoms with Crippen LogP contribution < -0.4 is 10.4 Å². The number of hydrogen-bond acceptors (Lipinski definition) is 5. The highest BCUT2D eigenvalue weighted by molar-refractivity contribution is 6.30. The van der Waals surface area contributed by atoms with Crippen LogP contribution in [0, 0.1) is 24.2 Å². The fourth-order valence-corrected chi connectivity index (χ4v) is 2.91. The summed E-state index contributed by atoms with van der Waals surface area (Å²) in [5.41, 5.74) is 0.849. The monoisotopic (exact) mass is 346 g/mol. The van der Waals surface area contributed by atoms with Crippen molar-refractivity contribution in [2.75, 3.05) is 20.2 Å². The molecule has 1 fully saturated rings. The van der Waals surface area contributed by atoms with Gasteiger partial charge in [0.1, 0.15) is 11.0 Å². The Labute approximate surface area is 147 Å². The van der Waals surface area contributed by atoms with Gasteiger partial charge in [0.2, 0.25) is 0 Å². The summed E-state index contributed by atoms with van der Waals surface area (Å²) in [5.74, 6) is 1.45. The number of aromatic nitrogens is 1. The van der Waals surface area contributed by atoms with Crippen LogP contribution in [0.1, 0.15) is 31.7 Å². The number of ether oxygens (including phenoxy) is 1. The third-order valence-corrected chi connectivity index (χ3v) is 4.79. The third-order valence-electron chi connectivity index (χ3n) is 4.40. The van der Waals surface area contributed by atoms with Crippen molar-refractivity contribution in [2.24, 2.45) is 10.9 Å². The fraction of sp³-hybridized carbons (Fsp3) is 0.500. The second-order valence-corrected chi connectivity index (χ2v) is 6.33. The molecule has 1 aromatic heterocycles. The first-order valence-corrected chi connectivity index (χ1v) is 8.44. The molecule has 0 spiro atoms. The molecule has 0 radical (unpaired) electrons. The first-order valence-electron chi connectivity index (χ1n) is 8.06. The summed E-state index contributed by atoms with van der Waals surface area (Å²) in [4.78, 5) is 11.1. The van der Waals surface area contributed by atoms with Gasteiger partial charge in [-0.05, 0) is 37.0 Å². The van der Waals surface area contributed by atoms with Crippen molar-refractivity contribution in [3.8, 4) is 6.07 Å². The first-order chi connectivity index (χ1) is 11.5. The number of nitrogens with zero attached hydrogens (tertiary/aromatic N) is 4. The second kappa shape index (κ2) is 8.16. The van der Waals surface area contributed by atoms with E-state index in [0.29, 0.717) is 11.1 Å². The lowest BCUT2D eigenvalue weighted by Crippen LogP contribution is -2.36. The van der Waals surface area contributed by atoms with Crippen molar-refractivity contribution in [2.45, 2.75) is 33.1 Å². The molecule has 24 heavy (non-hydrogen) atoms. The van der Waals surface area contributed by atoms with E-state index in [-0.39, 0.29) is 5.92 Å². The standard InChI is InChI=1S/C18H23ClN4O/c1-12-13(2)17(19)21-11-16(12)18(22-14(3)24-4)23-8-5-6-15(10-20)7-9-23/h11,15H,1,5-9H2,2-4H3/b18-16+,22-14+. The van der Waals surface area contributed by atoms with Crippen LogP contribution in [0.25, 0.3) is 12.4 Å². The van der Waals surface area contributed by atoms with Gasteiger partial charge in [0.05, 0.1) is 13.2 Å². The fourth-order valence-electron chi connectivity index (χ4n) is 2.75. The van der Waals surface area contributed by atoms with Gasteiger partial charge in [0, 0.05) is 37.3 Å². The minimum atomic E-state index is 0.105. The molecule has 1 atom stereocenters. The molecular weight excluding hydrogens is 324 g/mol. The van der Waals surface area contributed by atoms with Crippen molar-refractivity contribution in [3.63, 3.8) is 0 Å². The van der Waals surface area contributed by atoms with E-state index in [1.807, 2.05) is 13.8 Å². The smallest absolute Gasteiger partial charge is 0.186 e. The predicted octanol–water partition coefficient (Wildman–Crippen LogP) is 2.21. The minimum absolute atomic E-state index is 0.105. The van der Waals surface area contributed by atoms with E-state index in [1.165, 1.54) is 0 Å². The molecule has 1 aliphatic rings. The average Bonchev–Trinajstić information content (AvgIpc) is 2.83. The van der Waals surface area contributed by atoms with Crippen LogP contribution in [0.15, 0.2) is 11.2 Å². The lowest BCUT2D eigenvalue weighted by atomic mass is 10.0. The van der Waals surface area contributed by atoms with Crippen LogP contribution in [-0.2, 0) is 4.74 Å². The molecule has 2 rings (SSSR count). The van der Waals surface area contributed by atoms with E-state index < -0.39 is 0 Å². The summed E-state index contributed by atoms with van der Waals surface area (Å²) in [5, 5.41) is 11.3. The van der Waals surface area contributed by atoms with Gasteiger partial charge < -0.3 is 9.64 Å². The SMILES string of the molecule is C=c1c(C)c(Cl)nc/c1=C(/N=C(\C)OC)N1CCCC(C#N)CC1. The summed E-state index contributed by atoms with van der Waals surface area (Å²) < 4.78 is 5.24. The van der Waals surface area contributed by atoms with Gasteiger partial charge in [0.25, 0.3) is 0 Å². The Balaban J connectivity index is 2.59. The van der Waals surface area contributed by atoms with Gasteiger partial charge in [-0.1, -0.05) is 18.2 Å². The molecule has 1 unspecified atom stereocenters. The molecule has 0 saturated carbocycles. The number of hydrogen-bond donors (Lipinski definition) is 0. The summed E-state index contributed by atoms with van der Waals surface area (Å²) in [6, 6.07) is 2.38. The number of halogens is 1. The molecular formula is C18H23ClN4O. The maximum absolute atomic E-state index is 9.19. The summed E-state index contributed by atoms with van der Waals surface area (Å²) >= 11 is 6.10. The van der Waals surface area contributed by atoms with Crippen LogP contribution in [0.4, 0.5) is 0 Å². The van der Waals surface area contributed by atoms with E-state index in [1.54, 1.807) is 13.3 Å². The zero-order chi connectivity index (χ0) is 17.7. The maximum Gasteiger partial charge on any atom is 0.186 e. The molecule has 1 aromatic rings. The quantitative estimate of drug-likeness (QED) is 0.468. The highest BCUT2D eigenvalue weighted by atomic mass is 35.5. The van der Waals surface area contributed by atoms with Crippen molar-refractivity contribution in [3.05, 3.63) is 27.4 Å². The Morgan fingerprint density at radius 1 is 1.50 bits per heavy atom. The Bertz CT molecular complexity index is 781. The number of rotatable bonds is 2. The maximum atomic E-state index is 9.19. The number of likely N-dealkylation sites (tertiary alicyclic amines) is 1. The van der Waals surface area contributed by atoms with Gasteiger partial charge in [-0.3, -0.25) is 0 Å². The zero-order valence-electron chi connectivity index (χ0n) is 14.5. The van der Waals surface area contributed by atoms with Crippen molar-refractivity contribution < 1.29 is 4.74 Å². The number of nitriles is 1. The molecule has 128 valence electrons. The summed E-state index contributed by atoms with van der Waals surface area (Å²) in [6.07, 6.45) is 4.41. The Morgan fingerprint density at radius 2 is 2.25 bits per heavy atom. The van der Waals surface area contributed by atoms with E-state index in [4.69, 9.17) is 16.3 Å². The molecule has 0 aromatic carbocycles. The molecule has 0 N–H and O–H groups in total. The van der Waals surface area contributed by atoms with E-state index in [0.717, 1.165) is 54.2 Å². The summed E-state index contributed by atoms with van der Waals surface area (Å²) in [6.45, 7) is 9.48. The van der Waals surface area contributed by atoms with E-state index >= 15 is 0 Å². The van der Waals surface area contributed by atoms with Gasteiger partial charge in [-0.2, -0.15) is 10.3 Å². The second-order valence-electron chi connectivity index (χ2n) is 5.97. The molecule has 1 aliphatic heterocycles. The molecule has 0 amide bonds. The highest BCUT2D eigenvalue weighted by Crippen LogP contribution is 2.20. The van der Waals surface area contributed by atoms with Crippen molar-refractivity contribution in [1.29, 1.82) is 5.26 Å². The zero-order valence-corrected chi connectivity index (χ0v) is 15.2. The lowest BCUT2D eigenvalue weighted by Gasteiger charge is -2.23. The van der Waals surface area contributed by atoms with Crippen molar-refractivity contribution in [1.82, 2.24) is 9.88 Å². The molecule has 0 bridgehead atoms. The number of aliphatic imine (C=N–C) groups is 1. The third kappa shape index (κ3) is 4.07. The van der Waals surface area contributed by atoms with Gasteiger partial charge >= 0.3 is 0 Å². The highest BCUT2D eigenvalue weighted by Gasteiger charge is 2.19. The van der Waals surface area contributed by atoms with Crippen LogP contribution >= 0.6 is 11.6 Å². The normalized spacial score (nSPS) is 20.2. The molecule has 2 heterocycles. The topological polar surface area (TPSA) is 61.5 Å². The van der Waals surface area contributed by atoms with Gasteiger partial charge in [0.15, 0.2) is 5.90 Å². The number of pyridine rings is 1. The van der Waals surface area contributed by atoms with Gasteiger partial charge in [-0.15, -0.1) is 0 Å². The summed E-state index contributed by atoms with van der Waals surface area (Å²) in [7, 11) is 1.60. The molecule has 0 aliphatic carbocycles. The Kier molecular flexibility index (Phi) is 6.22. The largest absolute Gasteiger partial charge is 0.484 e. The van der Waals surface area contributed by atoms with Crippen LogP contribution in [0.3, 0.4) is 0 Å². The Hall–Kier alpha value is -2.06. The Morgan fingerprint density at radius 3 is 2.92 bits per heavy atom. The molecule has 5 nitrogen and oxygen atoms in total. The van der Waals surface area contributed by atoms with Crippen molar-refractivity contribution >= 4 is 29.9 Å². The lowest BCUT2D eigenvalue weighted by molar-refractivity contribution is 0.383. The van der Waals surface area contributed by atoms with E-state index in [2.05, 4.69) is 27.5 Å². The molecule has 1 saturated heterocycles. The number of methoxy groups -OCH3 is 1. The first kappa shape index (κ1) is 18.3. The van der Waals surface area contributed by atoms with Crippen LogP contribution in [0.2, 0.25) is 5.15 Å². The predicted molar refractivity (Wildman–Crippen MR) is 96.8 cm³/mol. The molecule has 6 heteroatoms. The average molecular weight is 347 g/mol. The minimum Gasteiger partial charge on any atom is -0.484 e. The van der Waals surface area contributed by atoms with E-state index in [9.17, 15) is 5.26 Å². The van der Waals surface area contributed by atoms with Gasteiger partial charge in [-0.25, -0.2) is 4.98 Å². The van der Waals surface area contributed by atoms with Crippen LogP contribution in [0.5, 0.6) is 0 Å².